The summed E-state index contributed by atoms with van der Waals surface area (Å²) in [6.45, 7) is 3.24. The predicted octanol–water partition coefficient (Wildman–Crippen LogP) is 4.71. The summed E-state index contributed by atoms with van der Waals surface area (Å²) in [5.74, 6) is 1.39. The molecule has 180 valence electrons. The molecule has 1 saturated heterocycles. The number of ether oxygens (including phenoxy) is 1. The van der Waals surface area contributed by atoms with E-state index in [1.165, 1.54) is 22.5 Å². The molecule has 0 aliphatic carbocycles. The van der Waals surface area contributed by atoms with Crippen LogP contribution in [0.3, 0.4) is 0 Å². The molecule has 1 aromatic heterocycles. The van der Waals surface area contributed by atoms with Crippen LogP contribution >= 0.6 is 11.3 Å². The van der Waals surface area contributed by atoms with Crippen LogP contribution < -0.4 is 4.74 Å². The quantitative estimate of drug-likeness (QED) is 0.458. The Labute approximate surface area is 206 Å². The molecular formula is C28H34N2O3S. The van der Waals surface area contributed by atoms with Gasteiger partial charge in [0.1, 0.15) is 12.4 Å². The zero-order valence-corrected chi connectivity index (χ0v) is 20.6. The smallest absolute Gasteiger partial charge is 0.263 e. The summed E-state index contributed by atoms with van der Waals surface area (Å²) < 4.78 is 5.56. The average Bonchev–Trinajstić information content (AvgIpc) is 3.42. The number of piperidine rings is 1. The molecule has 1 atom stereocenters. The Balaban J connectivity index is 1.40. The van der Waals surface area contributed by atoms with Gasteiger partial charge in [0.15, 0.2) is 0 Å². The number of nitrogens with zero attached hydrogens (tertiary/aromatic N) is 2. The van der Waals surface area contributed by atoms with E-state index in [2.05, 4.69) is 41.3 Å². The molecule has 4 rings (SSSR count). The van der Waals surface area contributed by atoms with E-state index in [0.29, 0.717) is 12.5 Å². The van der Waals surface area contributed by atoms with Crippen LogP contribution in [0.15, 0.2) is 72.1 Å². The van der Waals surface area contributed by atoms with Gasteiger partial charge in [-0.15, -0.1) is 11.3 Å². The summed E-state index contributed by atoms with van der Waals surface area (Å²) in [4.78, 5) is 18.5. The number of carbonyl (C=O) groups excluding carboxylic acids is 1. The Kier molecular flexibility index (Phi) is 8.74. The van der Waals surface area contributed by atoms with E-state index in [9.17, 15) is 4.79 Å². The van der Waals surface area contributed by atoms with E-state index in [-0.39, 0.29) is 18.6 Å². The molecule has 0 bridgehead atoms. The molecular weight excluding hydrogens is 444 g/mol. The van der Waals surface area contributed by atoms with Crippen LogP contribution in [0.1, 0.15) is 33.6 Å². The third kappa shape index (κ3) is 6.47. The van der Waals surface area contributed by atoms with E-state index in [1.54, 1.807) is 0 Å². The van der Waals surface area contributed by atoms with Crippen molar-refractivity contribution >= 4 is 17.2 Å². The number of rotatable bonds is 10. The molecule has 5 nitrogen and oxygen atoms in total. The highest BCUT2D eigenvalue weighted by Gasteiger charge is 2.32. The lowest BCUT2D eigenvalue weighted by Crippen LogP contribution is -2.47. The van der Waals surface area contributed by atoms with Crippen molar-refractivity contribution in [2.24, 2.45) is 5.92 Å². The van der Waals surface area contributed by atoms with Crippen LogP contribution in [0, 0.1) is 5.92 Å². The van der Waals surface area contributed by atoms with Crippen molar-refractivity contribution in [2.45, 2.75) is 31.8 Å². The van der Waals surface area contributed by atoms with Gasteiger partial charge in [-0.25, -0.2) is 0 Å². The van der Waals surface area contributed by atoms with Crippen molar-refractivity contribution in [1.29, 1.82) is 0 Å². The van der Waals surface area contributed by atoms with Crippen molar-refractivity contribution in [3.05, 3.63) is 88.1 Å². The highest BCUT2D eigenvalue weighted by Crippen LogP contribution is 2.29. The molecule has 6 heteroatoms. The SMILES string of the molecule is CN(C(=O)c1cccs1)[C@H](Cc1ccccc1)C1CCN(Cc2cccc(OCCO)c2)CC1. The summed E-state index contributed by atoms with van der Waals surface area (Å²) in [6, 6.07) is 22.7. The number of hydrogen-bond acceptors (Lipinski definition) is 5. The number of carbonyl (C=O) groups is 1. The van der Waals surface area contributed by atoms with E-state index >= 15 is 0 Å². The molecule has 1 amide bonds. The number of aliphatic hydroxyl groups is 1. The van der Waals surface area contributed by atoms with E-state index in [0.717, 1.165) is 49.5 Å². The fraction of sp³-hybridized carbons (Fsp3) is 0.393. The Morgan fingerprint density at radius 3 is 2.56 bits per heavy atom. The minimum Gasteiger partial charge on any atom is -0.491 e. The zero-order chi connectivity index (χ0) is 23.8. The molecule has 1 N–H and O–H groups in total. The minimum absolute atomic E-state index is 0.0192. The lowest BCUT2D eigenvalue weighted by Gasteiger charge is -2.40. The van der Waals surface area contributed by atoms with E-state index in [1.807, 2.05) is 47.7 Å². The van der Waals surface area contributed by atoms with Crippen molar-refractivity contribution in [1.82, 2.24) is 9.80 Å². The van der Waals surface area contributed by atoms with Gasteiger partial charge in [0.05, 0.1) is 11.5 Å². The van der Waals surface area contributed by atoms with Crippen LogP contribution in [0.4, 0.5) is 0 Å². The Morgan fingerprint density at radius 1 is 1.09 bits per heavy atom. The normalized spacial score (nSPS) is 15.7. The molecule has 34 heavy (non-hydrogen) atoms. The van der Waals surface area contributed by atoms with E-state index < -0.39 is 0 Å². The monoisotopic (exact) mass is 478 g/mol. The number of amides is 1. The van der Waals surface area contributed by atoms with Gasteiger partial charge in [-0.05, 0) is 73.0 Å². The number of benzene rings is 2. The first kappa shape index (κ1) is 24.5. The van der Waals surface area contributed by atoms with Crippen LogP contribution in [0.2, 0.25) is 0 Å². The van der Waals surface area contributed by atoms with Gasteiger partial charge in [-0.1, -0.05) is 48.5 Å². The Morgan fingerprint density at radius 2 is 1.85 bits per heavy atom. The molecule has 0 saturated carbocycles. The fourth-order valence-electron chi connectivity index (χ4n) is 4.85. The molecule has 2 aromatic carbocycles. The van der Waals surface area contributed by atoms with Crippen molar-refractivity contribution in [2.75, 3.05) is 33.4 Å². The first-order valence-corrected chi connectivity index (χ1v) is 12.9. The maximum atomic E-state index is 13.2. The third-order valence-corrected chi connectivity index (χ3v) is 7.54. The summed E-state index contributed by atoms with van der Waals surface area (Å²) in [5, 5.41) is 11.0. The van der Waals surface area contributed by atoms with Crippen LogP contribution in [0.25, 0.3) is 0 Å². The second kappa shape index (κ2) is 12.2. The Hall–Kier alpha value is -2.67. The van der Waals surface area contributed by atoms with Crippen molar-refractivity contribution in [3.63, 3.8) is 0 Å². The maximum Gasteiger partial charge on any atom is 0.263 e. The van der Waals surface area contributed by atoms with Gasteiger partial charge >= 0.3 is 0 Å². The minimum atomic E-state index is 0.0192. The molecule has 2 heterocycles. The molecule has 0 spiro atoms. The van der Waals surface area contributed by atoms with E-state index in [4.69, 9.17) is 9.84 Å². The number of likely N-dealkylation sites (tertiary alicyclic amines) is 1. The zero-order valence-electron chi connectivity index (χ0n) is 19.8. The molecule has 1 aliphatic heterocycles. The molecule has 3 aromatic rings. The average molecular weight is 479 g/mol. The fourth-order valence-corrected chi connectivity index (χ4v) is 5.56. The lowest BCUT2D eigenvalue weighted by atomic mass is 9.84. The largest absolute Gasteiger partial charge is 0.491 e. The van der Waals surface area contributed by atoms with Gasteiger partial charge in [-0.2, -0.15) is 0 Å². The number of aliphatic hydroxyl groups excluding tert-OH is 1. The molecule has 1 aliphatic rings. The predicted molar refractivity (Wildman–Crippen MR) is 137 cm³/mol. The van der Waals surface area contributed by atoms with Crippen molar-refractivity contribution in [3.8, 4) is 5.75 Å². The number of likely N-dealkylation sites (N-methyl/N-ethyl adjacent to an activating group) is 1. The van der Waals surface area contributed by atoms with Crippen LogP contribution in [-0.4, -0.2) is 60.2 Å². The maximum absolute atomic E-state index is 13.2. The van der Waals surface area contributed by atoms with Gasteiger partial charge < -0.3 is 14.7 Å². The first-order chi connectivity index (χ1) is 16.6. The lowest BCUT2D eigenvalue weighted by molar-refractivity contribution is 0.0589. The van der Waals surface area contributed by atoms with Crippen LogP contribution in [0.5, 0.6) is 5.75 Å². The van der Waals surface area contributed by atoms with Gasteiger partial charge in [-0.3, -0.25) is 9.69 Å². The first-order valence-electron chi connectivity index (χ1n) is 12.0. The summed E-state index contributed by atoms with van der Waals surface area (Å²) in [5.41, 5.74) is 2.50. The summed E-state index contributed by atoms with van der Waals surface area (Å²) in [7, 11) is 1.97. The number of thiophene rings is 1. The second-order valence-electron chi connectivity index (χ2n) is 8.98. The molecule has 1 fully saturated rings. The Bertz CT molecular complexity index is 1020. The highest BCUT2D eigenvalue weighted by molar-refractivity contribution is 7.12. The highest BCUT2D eigenvalue weighted by atomic mass is 32.1. The van der Waals surface area contributed by atoms with Gasteiger partial charge in [0.2, 0.25) is 0 Å². The molecule has 0 radical (unpaired) electrons. The summed E-state index contributed by atoms with van der Waals surface area (Å²) in [6.07, 6.45) is 3.02. The van der Waals surface area contributed by atoms with Gasteiger partial charge in [0, 0.05) is 19.6 Å². The van der Waals surface area contributed by atoms with Gasteiger partial charge in [0.25, 0.3) is 5.91 Å². The molecule has 0 unspecified atom stereocenters. The number of hydrogen-bond donors (Lipinski definition) is 1. The third-order valence-electron chi connectivity index (χ3n) is 6.68. The summed E-state index contributed by atoms with van der Waals surface area (Å²) >= 11 is 1.51. The standard InChI is InChI=1S/C28H34N2O3S/c1-29(28(32)27-11-6-18-34-27)26(20-22-7-3-2-4-8-22)24-12-14-30(15-13-24)21-23-9-5-10-25(19-23)33-17-16-31/h2-11,18-19,24,26,31H,12-17,20-21H2,1H3/t26-/m1/s1. The topological polar surface area (TPSA) is 53.0 Å². The second-order valence-corrected chi connectivity index (χ2v) is 9.93. The van der Waals surface area contributed by atoms with Crippen molar-refractivity contribution < 1.29 is 14.6 Å². The van der Waals surface area contributed by atoms with Crippen LogP contribution in [-0.2, 0) is 13.0 Å².